The largest absolute Gasteiger partial charge is 0.385 e. The van der Waals surface area contributed by atoms with E-state index in [1.165, 1.54) is 0 Å². The molecule has 0 aromatic rings. The van der Waals surface area contributed by atoms with Gasteiger partial charge in [0.2, 0.25) is 0 Å². The molecule has 4 heteroatoms. The Kier molecular flexibility index (Phi) is 6.80. The van der Waals surface area contributed by atoms with Crippen LogP contribution in [-0.4, -0.2) is 29.7 Å². The minimum atomic E-state index is -0.882. The molecule has 1 N–H and O–H groups in total. The molecule has 0 rings (SSSR count). The Morgan fingerprint density at radius 3 is 2.64 bits per heavy atom. The molecule has 0 aromatic heterocycles. The van der Waals surface area contributed by atoms with Gasteiger partial charge in [0.25, 0.3) is 0 Å². The molecule has 0 aromatic carbocycles. The van der Waals surface area contributed by atoms with Crippen LogP contribution in [0.2, 0.25) is 0 Å². The van der Waals surface area contributed by atoms with E-state index >= 15 is 0 Å². The standard InChI is InChI=1S/C7H17NO2S/c1-7(2)8-11(9)6-4-5-10-3/h7-8H,4-6H2,1-3H3. The number of hydrogen-bond donors (Lipinski definition) is 1. The van der Waals surface area contributed by atoms with Crippen LogP contribution in [0, 0.1) is 0 Å². The molecule has 0 aliphatic rings. The predicted molar refractivity (Wildman–Crippen MR) is 47.8 cm³/mol. The lowest BCUT2D eigenvalue weighted by Gasteiger charge is -2.06. The van der Waals surface area contributed by atoms with E-state index in [4.69, 9.17) is 4.74 Å². The summed E-state index contributed by atoms with van der Waals surface area (Å²) in [6.07, 6.45) is 0.850. The van der Waals surface area contributed by atoms with Crippen LogP contribution in [0.15, 0.2) is 0 Å². The topological polar surface area (TPSA) is 38.3 Å². The fourth-order valence-corrected chi connectivity index (χ4v) is 1.68. The Hall–Kier alpha value is 0.0700. The molecule has 11 heavy (non-hydrogen) atoms. The van der Waals surface area contributed by atoms with Gasteiger partial charge >= 0.3 is 0 Å². The highest BCUT2D eigenvalue weighted by Crippen LogP contribution is 1.87. The first-order chi connectivity index (χ1) is 5.16. The first kappa shape index (κ1) is 11.1. The smallest absolute Gasteiger partial charge is 0.0918 e. The van der Waals surface area contributed by atoms with Crippen LogP contribution in [0.3, 0.4) is 0 Å². The van der Waals surface area contributed by atoms with E-state index in [9.17, 15) is 4.21 Å². The van der Waals surface area contributed by atoms with Crippen molar-refractivity contribution in [2.75, 3.05) is 19.5 Å². The van der Waals surface area contributed by atoms with Crippen molar-refractivity contribution in [3.63, 3.8) is 0 Å². The third-order valence-electron chi connectivity index (χ3n) is 1.05. The molecule has 0 fully saturated rings. The minimum absolute atomic E-state index is 0.290. The molecule has 3 nitrogen and oxygen atoms in total. The van der Waals surface area contributed by atoms with Gasteiger partial charge in [0, 0.05) is 25.5 Å². The monoisotopic (exact) mass is 179 g/mol. The van der Waals surface area contributed by atoms with Crippen molar-refractivity contribution in [2.24, 2.45) is 0 Å². The van der Waals surface area contributed by atoms with Gasteiger partial charge in [-0.2, -0.15) is 0 Å². The Bertz CT molecular complexity index is 117. The average Bonchev–Trinajstić information content (AvgIpc) is 1.86. The van der Waals surface area contributed by atoms with E-state index in [1.54, 1.807) is 7.11 Å². The average molecular weight is 179 g/mol. The molecule has 1 atom stereocenters. The summed E-state index contributed by atoms with van der Waals surface area (Å²) in [4.78, 5) is 0. The van der Waals surface area contributed by atoms with Crippen LogP contribution in [0.4, 0.5) is 0 Å². The summed E-state index contributed by atoms with van der Waals surface area (Å²) in [5.41, 5.74) is 0. The lowest BCUT2D eigenvalue weighted by Crippen LogP contribution is -2.27. The van der Waals surface area contributed by atoms with Crippen LogP contribution in [-0.2, 0) is 15.7 Å². The van der Waals surface area contributed by atoms with E-state index in [0.29, 0.717) is 18.4 Å². The summed E-state index contributed by atoms with van der Waals surface area (Å²) in [6, 6.07) is 0.290. The molecule has 0 aliphatic heterocycles. The zero-order chi connectivity index (χ0) is 8.69. The normalized spacial score (nSPS) is 13.8. The summed E-state index contributed by atoms with van der Waals surface area (Å²) in [5, 5.41) is 0. The number of hydrogen-bond acceptors (Lipinski definition) is 2. The SMILES string of the molecule is COCCCS(=O)NC(C)C. The molecule has 1 unspecified atom stereocenters. The van der Waals surface area contributed by atoms with Gasteiger partial charge in [-0.1, -0.05) is 0 Å². The van der Waals surface area contributed by atoms with Crippen molar-refractivity contribution >= 4 is 11.0 Å². The van der Waals surface area contributed by atoms with E-state index in [-0.39, 0.29) is 0 Å². The predicted octanol–water partition coefficient (Wildman–Crippen LogP) is 0.685. The highest BCUT2D eigenvalue weighted by Gasteiger charge is 1.99. The first-order valence-corrected chi connectivity index (χ1v) is 5.12. The van der Waals surface area contributed by atoms with Gasteiger partial charge in [0.15, 0.2) is 0 Å². The summed E-state index contributed by atoms with van der Waals surface area (Å²) in [7, 11) is 0.770. The van der Waals surface area contributed by atoms with Crippen molar-refractivity contribution in [1.29, 1.82) is 0 Å². The molecule has 0 amide bonds. The van der Waals surface area contributed by atoms with Gasteiger partial charge in [-0.15, -0.1) is 0 Å². The van der Waals surface area contributed by atoms with E-state index < -0.39 is 11.0 Å². The van der Waals surface area contributed by atoms with Crippen molar-refractivity contribution in [3.8, 4) is 0 Å². The Morgan fingerprint density at radius 1 is 1.55 bits per heavy atom. The second-order valence-electron chi connectivity index (χ2n) is 2.67. The fourth-order valence-electron chi connectivity index (χ4n) is 0.656. The van der Waals surface area contributed by atoms with Gasteiger partial charge in [-0.3, -0.25) is 0 Å². The number of ether oxygens (including phenoxy) is 1. The Labute approximate surface area is 71.1 Å². The molecule has 0 aliphatic carbocycles. The second kappa shape index (κ2) is 6.76. The third kappa shape index (κ3) is 7.97. The van der Waals surface area contributed by atoms with E-state index in [2.05, 4.69) is 4.72 Å². The number of methoxy groups -OCH3 is 1. The molecule has 0 spiro atoms. The van der Waals surface area contributed by atoms with Crippen molar-refractivity contribution in [2.45, 2.75) is 26.3 Å². The summed E-state index contributed by atoms with van der Waals surface area (Å²) in [5.74, 6) is 0.673. The van der Waals surface area contributed by atoms with Gasteiger partial charge < -0.3 is 4.74 Å². The maximum absolute atomic E-state index is 11.1. The Morgan fingerprint density at radius 2 is 2.18 bits per heavy atom. The number of nitrogens with one attached hydrogen (secondary N) is 1. The maximum atomic E-state index is 11.1. The molecule has 0 radical (unpaired) electrons. The highest BCUT2D eigenvalue weighted by molar-refractivity contribution is 7.83. The van der Waals surface area contributed by atoms with Crippen LogP contribution in [0.25, 0.3) is 0 Å². The van der Waals surface area contributed by atoms with Gasteiger partial charge in [0.1, 0.15) is 0 Å². The summed E-state index contributed by atoms with van der Waals surface area (Å²) < 4.78 is 18.8. The zero-order valence-corrected chi connectivity index (χ0v) is 8.24. The molecule has 0 bridgehead atoms. The lowest BCUT2D eigenvalue weighted by atomic mass is 10.4. The first-order valence-electron chi connectivity index (χ1n) is 3.80. The number of rotatable bonds is 6. The van der Waals surface area contributed by atoms with E-state index in [1.807, 2.05) is 13.8 Å². The molecule has 0 saturated carbocycles. The quantitative estimate of drug-likeness (QED) is 0.609. The van der Waals surface area contributed by atoms with Crippen molar-refractivity contribution in [1.82, 2.24) is 4.72 Å². The molecule has 0 heterocycles. The minimum Gasteiger partial charge on any atom is -0.385 e. The van der Waals surface area contributed by atoms with Gasteiger partial charge in [-0.05, 0) is 20.3 Å². The molecular weight excluding hydrogens is 162 g/mol. The van der Waals surface area contributed by atoms with E-state index in [0.717, 1.165) is 6.42 Å². The van der Waals surface area contributed by atoms with Crippen LogP contribution < -0.4 is 4.72 Å². The Balaban J connectivity index is 3.23. The second-order valence-corrected chi connectivity index (χ2v) is 4.00. The summed E-state index contributed by atoms with van der Waals surface area (Å²) >= 11 is 0. The molecule has 0 saturated heterocycles. The third-order valence-corrected chi connectivity index (χ3v) is 2.44. The maximum Gasteiger partial charge on any atom is 0.0918 e. The molecule has 68 valence electrons. The van der Waals surface area contributed by atoms with Gasteiger partial charge in [-0.25, -0.2) is 8.93 Å². The van der Waals surface area contributed by atoms with Crippen LogP contribution >= 0.6 is 0 Å². The highest BCUT2D eigenvalue weighted by atomic mass is 32.2. The zero-order valence-electron chi connectivity index (χ0n) is 7.42. The van der Waals surface area contributed by atoms with Crippen LogP contribution in [0.5, 0.6) is 0 Å². The van der Waals surface area contributed by atoms with Gasteiger partial charge in [0.05, 0.1) is 11.0 Å². The van der Waals surface area contributed by atoms with Crippen molar-refractivity contribution < 1.29 is 8.95 Å². The fraction of sp³-hybridized carbons (Fsp3) is 1.00. The summed E-state index contributed by atoms with van der Waals surface area (Å²) in [6.45, 7) is 4.65. The van der Waals surface area contributed by atoms with Crippen LogP contribution in [0.1, 0.15) is 20.3 Å². The molecular formula is C7H17NO2S. The lowest BCUT2D eigenvalue weighted by molar-refractivity contribution is 0.200. The van der Waals surface area contributed by atoms with Crippen molar-refractivity contribution in [3.05, 3.63) is 0 Å².